The van der Waals surface area contributed by atoms with E-state index in [9.17, 15) is 0 Å². The van der Waals surface area contributed by atoms with Gasteiger partial charge in [-0.05, 0) is 37.1 Å². The van der Waals surface area contributed by atoms with Crippen LogP contribution in [0.4, 0.5) is 5.82 Å². The largest absolute Gasteiger partial charge is 0.357 e. The second kappa shape index (κ2) is 6.31. The van der Waals surface area contributed by atoms with E-state index in [-0.39, 0.29) is 0 Å². The van der Waals surface area contributed by atoms with E-state index >= 15 is 0 Å². The van der Waals surface area contributed by atoms with Crippen LogP contribution in [0.25, 0.3) is 11.4 Å². The Morgan fingerprint density at radius 1 is 1.00 bits per heavy atom. The Labute approximate surface area is 107 Å². The van der Waals surface area contributed by atoms with E-state index in [0.717, 1.165) is 17.8 Å². The number of anilines is 1. The van der Waals surface area contributed by atoms with Gasteiger partial charge >= 0.3 is 0 Å². The molecular formula is C14H21N3O. The van der Waals surface area contributed by atoms with Gasteiger partial charge in [0.15, 0.2) is 0 Å². The van der Waals surface area contributed by atoms with Crippen LogP contribution >= 0.6 is 0 Å². The van der Waals surface area contributed by atoms with Crippen LogP contribution in [-0.4, -0.2) is 15.2 Å². The van der Waals surface area contributed by atoms with Crippen molar-refractivity contribution in [3.63, 3.8) is 0 Å². The minimum Gasteiger partial charge on any atom is -0.357 e. The Morgan fingerprint density at radius 2 is 1.78 bits per heavy atom. The highest BCUT2D eigenvalue weighted by Gasteiger charge is 2.04. The predicted molar refractivity (Wildman–Crippen MR) is 73.8 cm³/mol. The first-order valence-corrected chi connectivity index (χ1v) is 6.61. The molecule has 2 rings (SSSR count). The number of aromatic nitrogens is 2. The molecule has 4 heteroatoms. The molecule has 4 nitrogen and oxygen atoms in total. The lowest BCUT2D eigenvalue weighted by molar-refractivity contribution is 0.386. The molecule has 0 aliphatic heterocycles. The van der Waals surface area contributed by atoms with Gasteiger partial charge in [0.2, 0.25) is 0 Å². The van der Waals surface area contributed by atoms with Crippen molar-refractivity contribution in [1.29, 1.82) is 0 Å². The monoisotopic (exact) mass is 247 g/mol. The minimum absolute atomic E-state index is 0.601. The maximum absolute atomic E-state index is 8.78. The fourth-order valence-electron chi connectivity index (χ4n) is 2.10. The average Bonchev–Trinajstić information content (AvgIpc) is 3.03. The highest BCUT2D eigenvalue weighted by molar-refractivity contribution is 5.59. The number of aryl methyl sites for hydroxylation is 1. The van der Waals surface area contributed by atoms with Crippen molar-refractivity contribution in [3.05, 3.63) is 30.0 Å². The summed E-state index contributed by atoms with van der Waals surface area (Å²) >= 11 is 0. The molecule has 0 amide bonds. The lowest BCUT2D eigenvalue weighted by Crippen LogP contribution is -1.89. The molecule has 4 N–H and O–H groups in total. The molecule has 2 aromatic rings. The van der Waals surface area contributed by atoms with Crippen LogP contribution in [0.1, 0.15) is 38.3 Å². The van der Waals surface area contributed by atoms with Gasteiger partial charge in [0.05, 0.1) is 11.4 Å². The van der Waals surface area contributed by atoms with Gasteiger partial charge in [0, 0.05) is 5.69 Å². The molecule has 0 saturated carbocycles. The quantitative estimate of drug-likeness (QED) is 0.442. The first kappa shape index (κ1) is 12.8. The maximum atomic E-state index is 8.78. The van der Waals surface area contributed by atoms with Gasteiger partial charge in [0.1, 0.15) is 5.82 Å². The van der Waals surface area contributed by atoms with Gasteiger partial charge in [-0.2, -0.15) is 0 Å². The molecular weight excluding hydrogens is 226 g/mol. The van der Waals surface area contributed by atoms with E-state index in [1.807, 2.05) is 6.07 Å². The first-order valence-electron chi connectivity index (χ1n) is 6.61. The summed E-state index contributed by atoms with van der Waals surface area (Å²) in [5.74, 6) is 0.601. The normalized spacial score (nSPS) is 10.8. The topological polar surface area (TPSA) is 63.8 Å². The van der Waals surface area contributed by atoms with Crippen molar-refractivity contribution in [2.45, 2.75) is 39.0 Å². The molecule has 2 aromatic heterocycles. The van der Waals surface area contributed by atoms with Gasteiger partial charge in [0.25, 0.3) is 0 Å². The average molecular weight is 247 g/mol. The fraction of sp³-hybridized carbons (Fsp3) is 0.429. The number of hydrogen-bond donors (Lipinski definition) is 4. The molecule has 0 fully saturated rings. The van der Waals surface area contributed by atoms with Crippen molar-refractivity contribution in [2.24, 2.45) is 0 Å². The Bertz CT molecular complexity index is 473. The zero-order valence-electron chi connectivity index (χ0n) is 10.8. The lowest BCUT2D eigenvalue weighted by Gasteiger charge is -1.98. The molecule has 0 aliphatic rings. The Balaban J connectivity index is 1.93. The van der Waals surface area contributed by atoms with Crippen molar-refractivity contribution >= 4 is 5.82 Å². The number of nitrogens with one attached hydrogen (secondary N) is 3. The molecule has 0 unspecified atom stereocenters. The third-order valence-corrected chi connectivity index (χ3v) is 3.14. The van der Waals surface area contributed by atoms with Crippen molar-refractivity contribution in [1.82, 2.24) is 9.97 Å². The van der Waals surface area contributed by atoms with Crippen LogP contribution in [-0.2, 0) is 6.42 Å². The second-order valence-electron chi connectivity index (χ2n) is 4.61. The third-order valence-electron chi connectivity index (χ3n) is 3.14. The summed E-state index contributed by atoms with van der Waals surface area (Å²) in [6.07, 6.45) is 6.23. The van der Waals surface area contributed by atoms with Crippen LogP contribution in [0.2, 0.25) is 0 Å². The Morgan fingerprint density at radius 3 is 2.50 bits per heavy atom. The van der Waals surface area contributed by atoms with Crippen LogP contribution in [0.3, 0.4) is 0 Å². The number of unbranched alkanes of at least 4 members (excludes halogenated alkanes) is 3. The highest BCUT2D eigenvalue weighted by Crippen LogP contribution is 2.20. The van der Waals surface area contributed by atoms with Gasteiger partial charge in [-0.25, -0.2) is 0 Å². The van der Waals surface area contributed by atoms with E-state index in [0.29, 0.717) is 5.82 Å². The molecule has 0 saturated heterocycles. The van der Waals surface area contributed by atoms with Crippen LogP contribution in [0, 0.1) is 0 Å². The van der Waals surface area contributed by atoms with Gasteiger partial charge in [-0.3, -0.25) is 10.7 Å². The smallest absolute Gasteiger partial charge is 0.127 e. The van der Waals surface area contributed by atoms with Gasteiger partial charge in [-0.1, -0.05) is 26.2 Å². The molecule has 0 bridgehead atoms. The predicted octanol–water partition coefficient (Wildman–Crippen LogP) is 3.93. The summed E-state index contributed by atoms with van der Waals surface area (Å²) in [7, 11) is 0. The zero-order chi connectivity index (χ0) is 12.8. The van der Waals surface area contributed by atoms with E-state index in [1.165, 1.54) is 31.4 Å². The summed E-state index contributed by atoms with van der Waals surface area (Å²) in [5, 5.41) is 8.78. The summed E-state index contributed by atoms with van der Waals surface area (Å²) in [5.41, 5.74) is 5.41. The number of aromatic amines is 2. The zero-order valence-corrected chi connectivity index (χ0v) is 10.8. The van der Waals surface area contributed by atoms with Crippen molar-refractivity contribution in [2.75, 3.05) is 5.48 Å². The number of rotatable bonds is 7. The summed E-state index contributed by atoms with van der Waals surface area (Å²) in [6.45, 7) is 2.23. The molecule has 0 radical (unpaired) electrons. The number of H-pyrrole nitrogens is 2. The molecule has 0 spiro atoms. The summed E-state index contributed by atoms with van der Waals surface area (Å²) < 4.78 is 0. The summed E-state index contributed by atoms with van der Waals surface area (Å²) in [6, 6.07) is 7.94. The SMILES string of the molecule is CCCCCCc1ccc(-c2ccc(NO)[nH]2)[nH]1. The van der Waals surface area contributed by atoms with Gasteiger partial charge < -0.3 is 9.97 Å². The van der Waals surface area contributed by atoms with Crippen LogP contribution in [0.5, 0.6) is 0 Å². The summed E-state index contributed by atoms with van der Waals surface area (Å²) in [4.78, 5) is 6.48. The van der Waals surface area contributed by atoms with E-state index in [2.05, 4.69) is 34.5 Å². The van der Waals surface area contributed by atoms with Gasteiger partial charge in [-0.15, -0.1) is 0 Å². The van der Waals surface area contributed by atoms with E-state index < -0.39 is 0 Å². The molecule has 2 heterocycles. The first-order chi connectivity index (χ1) is 8.83. The maximum Gasteiger partial charge on any atom is 0.127 e. The Hall–Kier alpha value is -1.68. The Kier molecular flexibility index (Phi) is 4.47. The number of hydrogen-bond acceptors (Lipinski definition) is 2. The molecule has 18 heavy (non-hydrogen) atoms. The van der Waals surface area contributed by atoms with Crippen LogP contribution < -0.4 is 5.48 Å². The van der Waals surface area contributed by atoms with Crippen LogP contribution in [0.15, 0.2) is 24.3 Å². The van der Waals surface area contributed by atoms with E-state index in [4.69, 9.17) is 5.21 Å². The molecule has 98 valence electrons. The minimum atomic E-state index is 0.601. The third kappa shape index (κ3) is 3.17. The van der Waals surface area contributed by atoms with Crippen molar-refractivity contribution < 1.29 is 5.21 Å². The highest BCUT2D eigenvalue weighted by atomic mass is 16.5. The second-order valence-corrected chi connectivity index (χ2v) is 4.61. The molecule has 0 aliphatic carbocycles. The lowest BCUT2D eigenvalue weighted by atomic mass is 10.1. The molecule has 0 atom stereocenters. The fourth-order valence-corrected chi connectivity index (χ4v) is 2.10. The standard InChI is InChI=1S/C14H21N3O/c1-2-3-4-5-6-11-7-8-12(15-11)13-9-10-14(16-13)17-18/h7-10,15-18H,2-6H2,1H3. The van der Waals surface area contributed by atoms with Crippen molar-refractivity contribution in [3.8, 4) is 11.4 Å². The molecule has 0 aromatic carbocycles. The van der Waals surface area contributed by atoms with E-state index in [1.54, 1.807) is 6.07 Å².